The third-order valence-electron chi connectivity index (χ3n) is 5.27. The van der Waals surface area contributed by atoms with E-state index in [0.29, 0.717) is 60.4 Å². The molecule has 1 aliphatic heterocycles. The Morgan fingerprint density at radius 2 is 1.97 bits per heavy atom. The van der Waals surface area contributed by atoms with Gasteiger partial charge < -0.3 is 14.7 Å². The average molecular weight is 451 g/mol. The Morgan fingerprint density at radius 3 is 2.58 bits per heavy atom. The van der Waals surface area contributed by atoms with Crippen LogP contribution in [0.4, 0.5) is 13.6 Å². The molecule has 8 nitrogen and oxygen atoms in total. The normalized spacial score (nSPS) is 16.1. The summed E-state index contributed by atoms with van der Waals surface area (Å²) in [5.74, 6) is -1.36. The van der Waals surface area contributed by atoms with Crippen molar-refractivity contribution in [2.24, 2.45) is 0 Å². The molecule has 0 aliphatic carbocycles. The van der Waals surface area contributed by atoms with Crippen molar-refractivity contribution in [1.29, 1.82) is 0 Å². The van der Waals surface area contributed by atoms with Crippen LogP contribution in [-0.2, 0) is 11.2 Å². The Balaban J connectivity index is 1.69. The number of thiazole rings is 1. The number of aromatic hydroxyl groups is 1. The third kappa shape index (κ3) is 4.07. The lowest BCUT2D eigenvalue weighted by molar-refractivity contribution is 0.0715. The van der Waals surface area contributed by atoms with Crippen molar-refractivity contribution in [1.82, 2.24) is 24.4 Å². The van der Waals surface area contributed by atoms with Gasteiger partial charge in [0.1, 0.15) is 0 Å². The van der Waals surface area contributed by atoms with Gasteiger partial charge in [-0.1, -0.05) is 24.3 Å². The Morgan fingerprint density at radius 1 is 1.23 bits per heavy atom. The molecule has 11 heteroatoms. The minimum atomic E-state index is -0.958. The second kappa shape index (κ2) is 8.75. The highest BCUT2D eigenvalue weighted by molar-refractivity contribution is 7.17. The maximum atomic E-state index is 14.1. The highest BCUT2D eigenvalue weighted by Gasteiger charge is 2.33. The number of piperazine rings is 1. The van der Waals surface area contributed by atoms with Crippen molar-refractivity contribution >= 4 is 22.4 Å². The summed E-state index contributed by atoms with van der Waals surface area (Å²) in [4.78, 5) is 21.1. The fourth-order valence-electron chi connectivity index (χ4n) is 3.71. The molecule has 0 radical (unpaired) electrons. The Labute approximate surface area is 181 Å². The van der Waals surface area contributed by atoms with Gasteiger partial charge in [-0.15, -0.1) is 5.10 Å². The molecule has 1 saturated heterocycles. The number of ether oxygens (including phenoxy) is 1. The Kier molecular flexibility index (Phi) is 6.05. The smallest absolute Gasteiger partial charge is 0.409 e. The number of hydrogen-bond donors (Lipinski definition) is 1. The van der Waals surface area contributed by atoms with Gasteiger partial charge in [0.2, 0.25) is 10.8 Å². The summed E-state index contributed by atoms with van der Waals surface area (Å²) in [6.45, 7) is 5.74. The second-order valence-corrected chi connectivity index (χ2v) is 8.17. The number of hydrogen-bond acceptors (Lipinski definition) is 7. The number of aryl methyl sites for hydroxylation is 1. The molecule has 0 saturated carbocycles. The quantitative estimate of drug-likeness (QED) is 0.642. The summed E-state index contributed by atoms with van der Waals surface area (Å²) >= 11 is 1.26. The average Bonchev–Trinajstić information content (AvgIpc) is 3.31. The molecular formula is C20H23F2N5O3S. The molecule has 0 spiro atoms. The monoisotopic (exact) mass is 451 g/mol. The topological polar surface area (TPSA) is 83.2 Å². The number of carbonyl (C=O) groups is 1. The van der Waals surface area contributed by atoms with E-state index in [2.05, 4.69) is 10.1 Å². The number of amides is 1. The van der Waals surface area contributed by atoms with Crippen molar-refractivity contribution in [3.63, 3.8) is 0 Å². The van der Waals surface area contributed by atoms with Crippen LogP contribution < -0.4 is 0 Å². The molecule has 0 unspecified atom stereocenters. The number of rotatable bonds is 5. The van der Waals surface area contributed by atoms with E-state index in [1.54, 1.807) is 11.8 Å². The minimum Gasteiger partial charge on any atom is -0.492 e. The molecule has 1 atom stereocenters. The van der Waals surface area contributed by atoms with E-state index < -0.39 is 17.7 Å². The summed E-state index contributed by atoms with van der Waals surface area (Å²) in [5.41, 5.74) is 0.499. The SMILES string of the molecule is CCOC(=O)N1CCN([C@@H](c2ccc(F)c(F)c2)c2sc3nc(CC)nn3c2O)CC1. The van der Waals surface area contributed by atoms with E-state index in [1.807, 2.05) is 11.8 Å². The van der Waals surface area contributed by atoms with Crippen LogP contribution in [0.2, 0.25) is 0 Å². The van der Waals surface area contributed by atoms with Gasteiger partial charge in [-0.3, -0.25) is 4.90 Å². The maximum absolute atomic E-state index is 14.1. The van der Waals surface area contributed by atoms with Gasteiger partial charge in [-0.05, 0) is 24.6 Å². The second-order valence-electron chi connectivity index (χ2n) is 7.16. The summed E-state index contributed by atoms with van der Waals surface area (Å²) in [6, 6.07) is 3.19. The number of aromatic nitrogens is 3. The minimum absolute atomic E-state index is 0.0743. The van der Waals surface area contributed by atoms with Gasteiger partial charge in [-0.2, -0.15) is 4.52 Å². The van der Waals surface area contributed by atoms with Crippen LogP contribution in [0.1, 0.15) is 36.2 Å². The molecule has 3 aromatic rings. The molecule has 0 bridgehead atoms. The summed E-state index contributed by atoms with van der Waals surface area (Å²) in [5, 5.41) is 15.2. The van der Waals surface area contributed by atoms with E-state index in [0.717, 1.165) is 12.1 Å². The van der Waals surface area contributed by atoms with Crippen molar-refractivity contribution in [3.8, 4) is 5.88 Å². The first-order valence-electron chi connectivity index (χ1n) is 10.1. The molecule has 2 aromatic heterocycles. The molecular weight excluding hydrogens is 428 g/mol. The van der Waals surface area contributed by atoms with Crippen LogP contribution >= 0.6 is 11.3 Å². The van der Waals surface area contributed by atoms with E-state index in [-0.39, 0.29) is 12.0 Å². The Hall–Kier alpha value is -2.79. The molecule has 1 amide bonds. The zero-order valence-corrected chi connectivity index (χ0v) is 18.0. The van der Waals surface area contributed by atoms with Gasteiger partial charge in [-0.25, -0.2) is 18.6 Å². The third-order valence-corrected chi connectivity index (χ3v) is 6.35. The first-order valence-corrected chi connectivity index (χ1v) is 10.9. The number of carbonyl (C=O) groups excluding carboxylic acids is 1. The van der Waals surface area contributed by atoms with Crippen molar-refractivity contribution < 1.29 is 23.4 Å². The highest BCUT2D eigenvalue weighted by atomic mass is 32.1. The molecule has 166 valence electrons. The van der Waals surface area contributed by atoms with Crippen molar-refractivity contribution in [2.75, 3.05) is 32.8 Å². The fraction of sp³-hybridized carbons (Fsp3) is 0.450. The number of nitrogens with zero attached hydrogens (tertiary/aromatic N) is 5. The molecule has 1 N–H and O–H groups in total. The summed E-state index contributed by atoms with van der Waals surface area (Å²) in [7, 11) is 0. The van der Waals surface area contributed by atoms with Crippen LogP contribution in [0.15, 0.2) is 18.2 Å². The van der Waals surface area contributed by atoms with E-state index in [1.165, 1.54) is 21.9 Å². The van der Waals surface area contributed by atoms with Crippen molar-refractivity contribution in [3.05, 3.63) is 46.1 Å². The zero-order chi connectivity index (χ0) is 22.1. The molecule has 1 aliphatic rings. The van der Waals surface area contributed by atoms with E-state index in [9.17, 15) is 18.7 Å². The predicted octanol–water partition coefficient (Wildman–Crippen LogP) is 3.20. The van der Waals surface area contributed by atoms with E-state index >= 15 is 0 Å². The van der Waals surface area contributed by atoms with Gasteiger partial charge in [0.05, 0.1) is 17.5 Å². The standard InChI is InChI=1S/C20H23F2N5O3S/c1-3-15-23-19-27(24-15)18(28)17(31-19)16(12-5-6-13(21)14(22)11-12)25-7-9-26(10-8-25)20(29)30-4-2/h5-6,11,16,28H,3-4,7-10H2,1-2H3/t16-/m0/s1. The van der Waals surface area contributed by atoms with Gasteiger partial charge in [0.15, 0.2) is 17.5 Å². The predicted molar refractivity (Wildman–Crippen MR) is 110 cm³/mol. The lowest BCUT2D eigenvalue weighted by Gasteiger charge is -2.38. The van der Waals surface area contributed by atoms with Crippen LogP contribution in [0, 0.1) is 11.6 Å². The van der Waals surface area contributed by atoms with E-state index in [4.69, 9.17) is 4.74 Å². The lowest BCUT2D eigenvalue weighted by atomic mass is 10.0. The largest absolute Gasteiger partial charge is 0.492 e. The van der Waals surface area contributed by atoms with Crippen LogP contribution in [0.3, 0.4) is 0 Å². The number of halogens is 2. The maximum Gasteiger partial charge on any atom is 0.409 e. The summed E-state index contributed by atoms with van der Waals surface area (Å²) < 4.78 is 34.1. The fourth-order valence-corrected chi connectivity index (χ4v) is 4.84. The lowest BCUT2D eigenvalue weighted by Crippen LogP contribution is -2.50. The first-order chi connectivity index (χ1) is 14.9. The van der Waals surface area contributed by atoms with Crippen molar-refractivity contribution in [2.45, 2.75) is 26.3 Å². The molecule has 31 heavy (non-hydrogen) atoms. The Bertz CT molecular complexity index is 1090. The van der Waals surface area contributed by atoms with Crippen LogP contribution in [0.25, 0.3) is 4.96 Å². The van der Waals surface area contributed by atoms with Crippen LogP contribution in [0.5, 0.6) is 5.88 Å². The highest BCUT2D eigenvalue weighted by Crippen LogP contribution is 2.40. The molecule has 1 aromatic carbocycles. The zero-order valence-electron chi connectivity index (χ0n) is 17.2. The van der Waals surface area contributed by atoms with Gasteiger partial charge >= 0.3 is 6.09 Å². The number of benzene rings is 1. The molecule has 3 heterocycles. The first kappa shape index (κ1) is 21.4. The summed E-state index contributed by atoms with van der Waals surface area (Å²) in [6.07, 6.45) is 0.256. The molecule has 4 rings (SSSR count). The van der Waals surface area contributed by atoms with Gasteiger partial charge in [0.25, 0.3) is 0 Å². The molecule has 1 fully saturated rings. The number of fused-ring (bicyclic) bond motifs is 1. The van der Waals surface area contributed by atoms with Gasteiger partial charge in [0, 0.05) is 32.6 Å². The van der Waals surface area contributed by atoms with Crippen LogP contribution in [-0.4, -0.2) is 68.4 Å².